The molecule has 1 aliphatic heterocycles. The SMILES string of the molecule is CCOc1ccc(/C=C/C(=O)N2CCN(C(=O)c3ccc(C)cc3)CC2)cc1OC. The number of hydrogen-bond donors (Lipinski definition) is 0. The number of hydrogen-bond acceptors (Lipinski definition) is 4. The minimum Gasteiger partial charge on any atom is -0.493 e. The van der Waals surface area contributed by atoms with Gasteiger partial charge in [-0.2, -0.15) is 0 Å². The van der Waals surface area contributed by atoms with E-state index in [0.29, 0.717) is 49.8 Å². The number of nitrogens with zero attached hydrogens (tertiary/aromatic N) is 2. The first-order valence-electron chi connectivity index (χ1n) is 10.2. The summed E-state index contributed by atoms with van der Waals surface area (Å²) < 4.78 is 10.9. The zero-order valence-electron chi connectivity index (χ0n) is 17.8. The van der Waals surface area contributed by atoms with Gasteiger partial charge < -0.3 is 19.3 Å². The Kier molecular flexibility index (Phi) is 7.12. The van der Waals surface area contributed by atoms with Crippen LogP contribution in [-0.4, -0.2) is 61.5 Å². The number of piperazine rings is 1. The Morgan fingerprint density at radius 3 is 2.27 bits per heavy atom. The summed E-state index contributed by atoms with van der Waals surface area (Å²) in [4.78, 5) is 28.7. The smallest absolute Gasteiger partial charge is 0.253 e. The average molecular weight is 408 g/mol. The van der Waals surface area contributed by atoms with Crippen molar-refractivity contribution in [3.8, 4) is 11.5 Å². The molecule has 0 bridgehead atoms. The number of carbonyl (C=O) groups excluding carboxylic acids is 2. The van der Waals surface area contributed by atoms with Crippen LogP contribution in [0.25, 0.3) is 6.08 Å². The number of rotatable bonds is 6. The third-order valence-electron chi connectivity index (χ3n) is 5.08. The monoisotopic (exact) mass is 408 g/mol. The van der Waals surface area contributed by atoms with E-state index in [0.717, 1.165) is 11.1 Å². The van der Waals surface area contributed by atoms with Crippen molar-refractivity contribution in [1.82, 2.24) is 9.80 Å². The van der Waals surface area contributed by atoms with Gasteiger partial charge in [0.2, 0.25) is 5.91 Å². The lowest BCUT2D eigenvalue weighted by molar-refractivity contribution is -0.127. The molecule has 6 heteroatoms. The number of carbonyl (C=O) groups is 2. The van der Waals surface area contributed by atoms with E-state index in [4.69, 9.17) is 9.47 Å². The van der Waals surface area contributed by atoms with Crippen LogP contribution in [0.3, 0.4) is 0 Å². The van der Waals surface area contributed by atoms with Gasteiger partial charge in [0.05, 0.1) is 13.7 Å². The number of ether oxygens (including phenoxy) is 2. The standard InChI is InChI=1S/C24H28N2O4/c1-4-30-21-11-7-19(17-22(21)29-3)8-12-23(27)25-13-15-26(16-14-25)24(28)20-9-5-18(2)6-10-20/h5-12,17H,4,13-16H2,1-3H3/b12-8+. The fourth-order valence-corrected chi connectivity index (χ4v) is 3.34. The molecule has 2 amide bonds. The molecule has 1 saturated heterocycles. The molecule has 0 aromatic heterocycles. The zero-order valence-corrected chi connectivity index (χ0v) is 17.8. The van der Waals surface area contributed by atoms with Gasteiger partial charge in [-0.05, 0) is 49.8 Å². The van der Waals surface area contributed by atoms with Crippen molar-refractivity contribution in [2.24, 2.45) is 0 Å². The number of methoxy groups -OCH3 is 1. The normalized spacial score (nSPS) is 14.1. The highest BCUT2D eigenvalue weighted by Crippen LogP contribution is 2.28. The molecule has 0 aliphatic carbocycles. The van der Waals surface area contributed by atoms with Crippen LogP contribution < -0.4 is 9.47 Å². The van der Waals surface area contributed by atoms with Gasteiger partial charge in [0.25, 0.3) is 5.91 Å². The summed E-state index contributed by atoms with van der Waals surface area (Å²) in [7, 11) is 1.59. The Labute approximate surface area is 177 Å². The van der Waals surface area contributed by atoms with E-state index in [1.165, 1.54) is 0 Å². The summed E-state index contributed by atoms with van der Waals surface area (Å²) in [5, 5.41) is 0. The number of aryl methyl sites for hydroxylation is 1. The summed E-state index contributed by atoms with van der Waals surface area (Å²) in [6.07, 6.45) is 3.33. The van der Waals surface area contributed by atoms with Crippen molar-refractivity contribution >= 4 is 17.9 Å². The van der Waals surface area contributed by atoms with Crippen molar-refractivity contribution in [2.45, 2.75) is 13.8 Å². The molecule has 0 N–H and O–H groups in total. The van der Waals surface area contributed by atoms with E-state index < -0.39 is 0 Å². The Hall–Kier alpha value is -3.28. The molecule has 30 heavy (non-hydrogen) atoms. The van der Waals surface area contributed by atoms with Crippen LogP contribution in [0.2, 0.25) is 0 Å². The quantitative estimate of drug-likeness (QED) is 0.688. The van der Waals surface area contributed by atoms with Gasteiger partial charge in [-0.25, -0.2) is 0 Å². The third-order valence-corrected chi connectivity index (χ3v) is 5.08. The van der Waals surface area contributed by atoms with E-state index in [-0.39, 0.29) is 11.8 Å². The highest BCUT2D eigenvalue weighted by molar-refractivity contribution is 5.95. The lowest BCUT2D eigenvalue weighted by Crippen LogP contribution is -2.50. The van der Waals surface area contributed by atoms with Gasteiger partial charge in [0.15, 0.2) is 11.5 Å². The predicted octanol–water partition coefficient (Wildman–Crippen LogP) is 3.40. The Morgan fingerprint density at radius 1 is 0.967 bits per heavy atom. The molecule has 2 aromatic carbocycles. The molecule has 6 nitrogen and oxygen atoms in total. The first-order chi connectivity index (χ1) is 14.5. The van der Waals surface area contributed by atoms with Crippen LogP contribution in [0, 0.1) is 6.92 Å². The van der Waals surface area contributed by atoms with Crippen molar-refractivity contribution in [1.29, 1.82) is 0 Å². The molecular formula is C24H28N2O4. The largest absolute Gasteiger partial charge is 0.493 e. The zero-order chi connectivity index (χ0) is 21.5. The van der Waals surface area contributed by atoms with E-state index in [2.05, 4.69) is 0 Å². The van der Waals surface area contributed by atoms with Gasteiger partial charge in [0.1, 0.15) is 0 Å². The molecule has 1 fully saturated rings. The van der Waals surface area contributed by atoms with Crippen LogP contribution in [0.5, 0.6) is 11.5 Å². The number of benzene rings is 2. The molecule has 0 unspecified atom stereocenters. The maximum atomic E-state index is 12.6. The fraction of sp³-hybridized carbons (Fsp3) is 0.333. The topological polar surface area (TPSA) is 59.1 Å². The number of amides is 2. The summed E-state index contributed by atoms with van der Waals surface area (Å²) in [6.45, 7) is 6.57. The summed E-state index contributed by atoms with van der Waals surface area (Å²) in [5.74, 6) is 1.26. The van der Waals surface area contributed by atoms with E-state index in [1.807, 2.05) is 56.3 Å². The Balaban J connectivity index is 1.56. The van der Waals surface area contributed by atoms with E-state index >= 15 is 0 Å². The summed E-state index contributed by atoms with van der Waals surface area (Å²) >= 11 is 0. The second kappa shape index (κ2) is 9.96. The van der Waals surface area contributed by atoms with E-state index in [9.17, 15) is 9.59 Å². The minimum atomic E-state index is -0.0645. The van der Waals surface area contributed by atoms with Crippen LogP contribution in [-0.2, 0) is 4.79 Å². The molecule has 2 aromatic rings. The Morgan fingerprint density at radius 2 is 1.63 bits per heavy atom. The molecule has 3 rings (SSSR count). The lowest BCUT2D eigenvalue weighted by atomic mass is 10.1. The van der Waals surface area contributed by atoms with Crippen molar-refractivity contribution in [3.63, 3.8) is 0 Å². The first-order valence-corrected chi connectivity index (χ1v) is 10.2. The van der Waals surface area contributed by atoms with Crippen molar-refractivity contribution in [2.75, 3.05) is 39.9 Å². The van der Waals surface area contributed by atoms with Crippen LogP contribution >= 0.6 is 0 Å². The fourth-order valence-electron chi connectivity index (χ4n) is 3.34. The lowest BCUT2D eigenvalue weighted by Gasteiger charge is -2.34. The minimum absolute atomic E-state index is 0.0131. The van der Waals surface area contributed by atoms with Crippen LogP contribution in [0.4, 0.5) is 0 Å². The van der Waals surface area contributed by atoms with Crippen molar-refractivity contribution < 1.29 is 19.1 Å². The van der Waals surface area contributed by atoms with Gasteiger partial charge in [-0.3, -0.25) is 9.59 Å². The maximum Gasteiger partial charge on any atom is 0.253 e. The molecule has 0 radical (unpaired) electrons. The van der Waals surface area contributed by atoms with Gasteiger partial charge in [-0.1, -0.05) is 23.8 Å². The third kappa shape index (κ3) is 5.20. The Bertz CT molecular complexity index is 913. The second-order valence-electron chi connectivity index (χ2n) is 7.16. The van der Waals surface area contributed by atoms with Crippen LogP contribution in [0.1, 0.15) is 28.4 Å². The molecule has 158 valence electrons. The summed E-state index contributed by atoms with van der Waals surface area (Å²) in [5.41, 5.74) is 2.67. The van der Waals surface area contributed by atoms with Gasteiger partial charge >= 0.3 is 0 Å². The molecule has 0 saturated carbocycles. The maximum absolute atomic E-state index is 12.6. The molecule has 0 atom stereocenters. The van der Waals surface area contributed by atoms with E-state index in [1.54, 1.807) is 29.1 Å². The van der Waals surface area contributed by atoms with Crippen LogP contribution in [0.15, 0.2) is 48.5 Å². The van der Waals surface area contributed by atoms with Gasteiger partial charge in [0, 0.05) is 37.8 Å². The second-order valence-corrected chi connectivity index (χ2v) is 7.16. The highest BCUT2D eigenvalue weighted by atomic mass is 16.5. The molecule has 1 aliphatic rings. The van der Waals surface area contributed by atoms with Gasteiger partial charge in [-0.15, -0.1) is 0 Å². The average Bonchev–Trinajstić information content (AvgIpc) is 2.78. The summed E-state index contributed by atoms with van der Waals surface area (Å²) in [6, 6.07) is 13.1. The first kappa shape index (κ1) is 21.4. The predicted molar refractivity (Wildman–Crippen MR) is 117 cm³/mol. The molecular weight excluding hydrogens is 380 g/mol. The molecule has 0 spiro atoms. The van der Waals surface area contributed by atoms with Crippen molar-refractivity contribution in [3.05, 3.63) is 65.2 Å². The highest BCUT2D eigenvalue weighted by Gasteiger charge is 2.23. The molecule has 1 heterocycles.